The SMILES string of the molecule is COC(=O)c1ccccc1NCC(=O)Nc1c([N+](=O)[O-])ccc(C)c1C. The van der Waals surface area contributed by atoms with Gasteiger partial charge >= 0.3 is 5.97 Å². The van der Waals surface area contributed by atoms with Gasteiger partial charge in [0.2, 0.25) is 5.91 Å². The van der Waals surface area contributed by atoms with Gasteiger partial charge in [0, 0.05) is 11.8 Å². The summed E-state index contributed by atoms with van der Waals surface area (Å²) in [5.41, 5.74) is 2.18. The Bertz CT molecular complexity index is 864. The van der Waals surface area contributed by atoms with Crippen molar-refractivity contribution in [1.82, 2.24) is 0 Å². The Morgan fingerprint density at radius 1 is 1.15 bits per heavy atom. The van der Waals surface area contributed by atoms with Crippen molar-refractivity contribution in [2.75, 3.05) is 24.3 Å². The second kappa shape index (κ2) is 8.11. The molecular formula is C18H19N3O5. The molecule has 8 nitrogen and oxygen atoms in total. The molecule has 0 aliphatic rings. The summed E-state index contributed by atoms with van der Waals surface area (Å²) in [5.74, 6) is -1.000. The molecule has 0 spiro atoms. The van der Waals surface area contributed by atoms with Crippen LogP contribution in [-0.2, 0) is 9.53 Å². The predicted molar refractivity (Wildman–Crippen MR) is 97.5 cm³/mol. The third-order valence-corrected chi connectivity index (χ3v) is 3.95. The number of benzene rings is 2. The topological polar surface area (TPSA) is 111 Å². The first-order valence-corrected chi connectivity index (χ1v) is 7.80. The molecule has 0 aromatic heterocycles. The van der Waals surface area contributed by atoms with Crippen molar-refractivity contribution in [3.05, 3.63) is 63.2 Å². The molecule has 0 saturated carbocycles. The lowest BCUT2D eigenvalue weighted by molar-refractivity contribution is -0.384. The first-order chi connectivity index (χ1) is 12.3. The van der Waals surface area contributed by atoms with E-state index in [9.17, 15) is 19.7 Å². The monoisotopic (exact) mass is 357 g/mol. The van der Waals surface area contributed by atoms with E-state index in [4.69, 9.17) is 4.74 Å². The van der Waals surface area contributed by atoms with E-state index < -0.39 is 16.8 Å². The van der Waals surface area contributed by atoms with Crippen LogP contribution < -0.4 is 10.6 Å². The second-order valence-corrected chi connectivity index (χ2v) is 5.60. The molecule has 2 N–H and O–H groups in total. The van der Waals surface area contributed by atoms with Crippen molar-refractivity contribution in [2.45, 2.75) is 13.8 Å². The molecule has 2 aromatic carbocycles. The van der Waals surface area contributed by atoms with E-state index in [1.54, 1.807) is 44.2 Å². The number of anilines is 2. The minimum absolute atomic E-state index is 0.168. The number of ether oxygens (including phenoxy) is 1. The lowest BCUT2D eigenvalue weighted by atomic mass is 10.1. The van der Waals surface area contributed by atoms with E-state index in [1.165, 1.54) is 13.2 Å². The molecule has 0 saturated heterocycles. The van der Waals surface area contributed by atoms with Gasteiger partial charge in [-0.1, -0.05) is 18.2 Å². The molecule has 0 heterocycles. The summed E-state index contributed by atoms with van der Waals surface area (Å²) in [6.45, 7) is 3.34. The number of amides is 1. The normalized spacial score (nSPS) is 10.1. The molecule has 26 heavy (non-hydrogen) atoms. The summed E-state index contributed by atoms with van der Waals surface area (Å²) >= 11 is 0. The summed E-state index contributed by atoms with van der Waals surface area (Å²) in [7, 11) is 1.27. The Kier molecular flexibility index (Phi) is 5.90. The molecule has 0 bridgehead atoms. The molecule has 2 rings (SSSR count). The fourth-order valence-electron chi connectivity index (χ4n) is 2.40. The minimum atomic E-state index is -0.540. The molecule has 0 radical (unpaired) electrons. The molecule has 2 aromatic rings. The van der Waals surface area contributed by atoms with E-state index in [0.717, 1.165) is 5.56 Å². The smallest absolute Gasteiger partial charge is 0.339 e. The van der Waals surface area contributed by atoms with Crippen LogP contribution in [0.4, 0.5) is 17.1 Å². The van der Waals surface area contributed by atoms with Gasteiger partial charge in [-0.2, -0.15) is 0 Å². The highest BCUT2D eigenvalue weighted by Crippen LogP contribution is 2.30. The molecule has 0 unspecified atom stereocenters. The Balaban J connectivity index is 2.15. The predicted octanol–water partition coefficient (Wildman–Crippen LogP) is 3.05. The lowest BCUT2D eigenvalue weighted by Crippen LogP contribution is -2.23. The maximum Gasteiger partial charge on any atom is 0.339 e. The lowest BCUT2D eigenvalue weighted by Gasteiger charge is -2.13. The third-order valence-electron chi connectivity index (χ3n) is 3.95. The van der Waals surface area contributed by atoms with Crippen LogP contribution in [-0.4, -0.2) is 30.5 Å². The minimum Gasteiger partial charge on any atom is -0.465 e. The highest BCUT2D eigenvalue weighted by atomic mass is 16.6. The van der Waals surface area contributed by atoms with E-state index in [-0.39, 0.29) is 17.9 Å². The molecule has 1 amide bonds. The van der Waals surface area contributed by atoms with Crippen molar-refractivity contribution in [3.63, 3.8) is 0 Å². The van der Waals surface area contributed by atoms with E-state index in [0.29, 0.717) is 16.8 Å². The molecule has 136 valence electrons. The number of aryl methyl sites for hydroxylation is 1. The van der Waals surface area contributed by atoms with Crippen molar-refractivity contribution >= 4 is 28.9 Å². The molecular weight excluding hydrogens is 338 g/mol. The van der Waals surface area contributed by atoms with Crippen molar-refractivity contribution in [1.29, 1.82) is 0 Å². The van der Waals surface area contributed by atoms with Crippen LogP contribution in [0.1, 0.15) is 21.5 Å². The average molecular weight is 357 g/mol. The maximum absolute atomic E-state index is 12.3. The summed E-state index contributed by atoms with van der Waals surface area (Å²) in [5, 5.41) is 16.6. The van der Waals surface area contributed by atoms with Gasteiger partial charge in [-0.05, 0) is 37.1 Å². The Hall–Kier alpha value is -3.42. The summed E-state index contributed by atoms with van der Waals surface area (Å²) in [6.07, 6.45) is 0. The van der Waals surface area contributed by atoms with Crippen LogP contribution in [0.15, 0.2) is 36.4 Å². The van der Waals surface area contributed by atoms with Gasteiger partial charge in [-0.25, -0.2) is 4.79 Å². The van der Waals surface area contributed by atoms with Gasteiger partial charge in [0.25, 0.3) is 5.69 Å². The van der Waals surface area contributed by atoms with Crippen LogP contribution in [0.25, 0.3) is 0 Å². The number of nitro groups is 1. The number of hydrogen-bond acceptors (Lipinski definition) is 6. The number of hydrogen-bond donors (Lipinski definition) is 2. The highest BCUT2D eigenvalue weighted by molar-refractivity contribution is 5.99. The largest absolute Gasteiger partial charge is 0.465 e. The number of methoxy groups -OCH3 is 1. The third kappa shape index (κ3) is 4.15. The van der Waals surface area contributed by atoms with Gasteiger partial charge in [-0.3, -0.25) is 14.9 Å². The van der Waals surface area contributed by atoms with Gasteiger partial charge in [0.05, 0.1) is 24.1 Å². The molecule has 8 heteroatoms. The summed E-state index contributed by atoms with van der Waals surface area (Å²) < 4.78 is 4.70. The number of para-hydroxylation sites is 1. The quantitative estimate of drug-likeness (QED) is 0.467. The van der Waals surface area contributed by atoms with Gasteiger partial charge in [0.15, 0.2) is 0 Å². The average Bonchev–Trinajstić information content (AvgIpc) is 2.63. The van der Waals surface area contributed by atoms with Gasteiger partial charge in [0.1, 0.15) is 5.69 Å². The van der Waals surface area contributed by atoms with Crippen molar-refractivity contribution < 1.29 is 19.2 Å². The number of nitro benzene ring substituents is 1. The number of carbonyl (C=O) groups excluding carboxylic acids is 2. The number of carbonyl (C=O) groups is 2. The van der Waals surface area contributed by atoms with Crippen molar-refractivity contribution in [2.24, 2.45) is 0 Å². The van der Waals surface area contributed by atoms with E-state index >= 15 is 0 Å². The summed E-state index contributed by atoms with van der Waals surface area (Å²) in [6, 6.07) is 9.59. The van der Waals surface area contributed by atoms with Crippen LogP contribution >= 0.6 is 0 Å². The number of nitrogens with one attached hydrogen (secondary N) is 2. The molecule has 0 atom stereocenters. The van der Waals surface area contributed by atoms with Crippen LogP contribution in [0.2, 0.25) is 0 Å². The zero-order chi connectivity index (χ0) is 19.3. The maximum atomic E-state index is 12.3. The Labute approximate surface area is 150 Å². The zero-order valence-electron chi connectivity index (χ0n) is 14.7. The standard InChI is InChI=1S/C18H19N3O5/c1-11-8-9-15(21(24)25)17(12(11)2)20-16(22)10-19-14-7-5-4-6-13(14)18(23)26-3/h4-9,19H,10H2,1-3H3,(H,20,22). The Morgan fingerprint density at radius 3 is 2.50 bits per heavy atom. The van der Waals surface area contributed by atoms with Gasteiger partial charge < -0.3 is 15.4 Å². The van der Waals surface area contributed by atoms with Gasteiger partial charge in [-0.15, -0.1) is 0 Å². The molecule has 0 aliphatic carbocycles. The van der Waals surface area contributed by atoms with E-state index in [2.05, 4.69) is 10.6 Å². The zero-order valence-corrected chi connectivity index (χ0v) is 14.7. The highest BCUT2D eigenvalue weighted by Gasteiger charge is 2.19. The molecule has 0 aliphatic heterocycles. The van der Waals surface area contributed by atoms with E-state index in [1.807, 2.05) is 0 Å². The van der Waals surface area contributed by atoms with Crippen LogP contribution in [0, 0.1) is 24.0 Å². The Morgan fingerprint density at radius 2 is 1.85 bits per heavy atom. The molecule has 0 fully saturated rings. The van der Waals surface area contributed by atoms with Crippen LogP contribution in [0.3, 0.4) is 0 Å². The number of esters is 1. The number of rotatable bonds is 6. The van der Waals surface area contributed by atoms with Crippen LogP contribution in [0.5, 0.6) is 0 Å². The first-order valence-electron chi connectivity index (χ1n) is 7.80. The summed E-state index contributed by atoms with van der Waals surface area (Å²) in [4.78, 5) is 34.6. The number of nitrogens with zero attached hydrogens (tertiary/aromatic N) is 1. The fourth-order valence-corrected chi connectivity index (χ4v) is 2.40. The first kappa shape index (κ1) is 18.9. The van der Waals surface area contributed by atoms with Crippen molar-refractivity contribution in [3.8, 4) is 0 Å². The second-order valence-electron chi connectivity index (χ2n) is 5.60. The fraction of sp³-hybridized carbons (Fsp3) is 0.222.